The third-order valence-corrected chi connectivity index (χ3v) is 0.754. The molecule has 0 aromatic rings. The van der Waals surface area contributed by atoms with Crippen molar-refractivity contribution >= 4 is 11.9 Å². The Hall–Kier alpha value is -2.86. The van der Waals surface area contributed by atoms with E-state index in [1.54, 1.807) is 0 Å². The number of rotatable bonds is 4. The van der Waals surface area contributed by atoms with Gasteiger partial charge >= 0.3 is 5.96 Å². The number of nitrogens with zero attached hydrogens (tertiary/aromatic N) is 5. The molecule has 0 aromatic heterocycles. The summed E-state index contributed by atoms with van der Waals surface area (Å²) in [4.78, 5) is 20.1. The van der Waals surface area contributed by atoms with Crippen LogP contribution < -0.4 is 22.6 Å². The predicted molar refractivity (Wildman–Crippen MR) is 46.4 cm³/mol. The Balaban J connectivity index is 4.74. The van der Waals surface area contributed by atoms with E-state index in [0.717, 1.165) is 0 Å². The zero-order chi connectivity index (χ0) is 12.0. The Morgan fingerprint density at radius 3 is 2.07 bits per heavy atom. The summed E-state index contributed by atoms with van der Waals surface area (Å²) >= 11 is 0. The molecule has 0 rings (SSSR count). The molecule has 13 heteroatoms. The van der Waals surface area contributed by atoms with Crippen LogP contribution in [0.15, 0.2) is 10.2 Å². The molecule has 0 aliphatic heterocycles. The number of hydrogen-bond donors (Lipinski definition) is 4. The van der Waals surface area contributed by atoms with Gasteiger partial charge < -0.3 is 27.3 Å². The van der Waals surface area contributed by atoms with Crippen molar-refractivity contribution in [2.24, 2.45) is 27.4 Å². The molecule has 0 fully saturated rings. The Morgan fingerprint density at radius 1 is 1.20 bits per heavy atom. The van der Waals surface area contributed by atoms with Gasteiger partial charge in [-0.05, 0) is 0 Å². The summed E-state index contributed by atoms with van der Waals surface area (Å²) < 4.78 is 0. The van der Waals surface area contributed by atoms with Crippen molar-refractivity contribution in [2.75, 3.05) is 0 Å². The van der Waals surface area contributed by atoms with E-state index >= 15 is 0 Å². The van der Waals surface area contributed by atoms with E-state index in [9.17, 15) is 20.2 Å². The molecule has 0 radical (unpaired) electrons. The van der Waals surface area contributed by atoms with E-state index in [2.05, 4.69) is 10.2 Å². The first-order valence-electron chi connectivity index (χ1n) is 3.12. The maximum Gasteiger partial charge on any atom is 0.356 e. The number of hydrogen-bond acceptors (Lipinski definition) is 6. The molecule has 0 atom stereocenters. The maximum atomic E-state index is 10.2. The standard InChI is InChI=1S/C2H7N9O4/c3-1(4)6-9(11(14)15)7-2(5)8-10(12)13/h(H4,3,4,6)(H3,5,7,8). The predicted octanol–water partition coefficient (Wildman–Crippen LogP) is -3.32. The highest BCUT2D eigenvalue weighted by atomic mass is 16.7. The molecule has 0 bridgehead atoms. The minimum absolute atomic E-state index is 0.221. The molecule has 0 saturated carbocycles. The summed E-state index contributed by atoms with van der Waals surface area (Å²) in [5, 5.41) is 23.4. The summed E-state index contributed by atoms with van der Waals surface area (Å²) in [6, 6.07) is 0. The van der Waals surface area contributed by atoms with Crippen LogP contribution in [0.25, 0.3) is 0 Å². The molecule has 0 aliphatic rings. The van der Waals surface area contributed by atoms with Gasteiger partial charge in [-0.2, -0.15) is 0 Å². The van der Waals surface area contributed by atoms with E-state index in [0.29, 0.717) is 0 Å². The highest BCUT2D eigenvalue weighted by Crippen LogP contribution is 1.89. The lowest BCUT2D eigenvalue weighted by molar-refractivity contribution is -0.659. The van der Waals surface area contributed by atoms with Crippen LogP contribution in [0.4, 0.5) is 0 Å². The summed E-state index contributed by atoms with van der Waals surface area (Å²) in [6.07, 6.45) is 0. The average Bonchev–Trinajstić information content (AvgIpc) is 1.99. The molecule has 84 valence electrons. The van der Waals surface area contributed by atoms with Crippen LogP contribution >= 0.6 is 0 Å². The Labute approximate surface area is 81.4 Å². The SMILES string of the molecule is NC(N)=NN(N=C(N)N[N+](=O)[O-])[N+](=O)[O-]. The molecule has 0 spiro atoms. The van der Waals surface area contributed by atoms with E-state index < -0.39 is 22.0 Å². The highest BCUT2D eigenvalue weighted by molar-refractivity contribution is 5.77. The van der Waals surface area contributed by atoms with Crippen molar-refractivity contribution in [1.82, 2.24) is 10.7 Å². The van der Waals surface area contributed by atoms with Crippen molar-refractivity contribution in [3.8, 4) is 0 Å². The highest BCUT2D eigenvalue weighted by Gasteiger charge is 2.15. The lowest BCUT2D eigenvalue weighted by Gasteiger charge is -2.01. The van der Waals surface area contributed by atoms with Gasteiger partial charge in [-0.25, -0.2) is 10.1 Å². The van der Waals surface area contributed by atoms with Crippen LogP contribution in [0.2, 0.25) is 0 Å². The Morgan fingerprint density at radius 2 is 1.73 bits per heavy atom. The number of guanidine groups is 2. The van der Waals surface area contributed by atoms with Crippen molar-refractivity contribution in [2.45, 2.75) is 0 Å². The van der Waals surface area contributed by atoms with Crippen molar-refractivity contribution < 1.29 is 10.1 Å². The Kier molecular flexibility index (Phi) is 4.04. The molecule has 0 amide bonds. The number of nitro groups is 2. The molecule has 0 aromatic carbocycles. The molecule has 15 heavy (non-hydrogen) atoms. The fraction of sp³-hybridized carbons (Fsp3) is 0. The van der Waals surface area contributed by atoms with Crippen LogP contribution in [0.1, 0.15) is 0 Å². The lowest BCUT2D eigenvalue weighted by Crippen LogP contribution is -2.39. The van der Waals surface area contributed by atoms with Crippen LogP contribution in [-0.4, -0.2) is 27.2 Å². The van der Waals surface area contributed by atoms with Gasteiger partial charge in [0.2, 0.25) is 0 Å². The van der Waals surface area contributed by atoms with E-state index in [4.69, 9.17) is 17.2 Å². The van der Waals surface area contributed by atoms with Gasteiger partial charge in [0.15, 0.2) is 5.03 Å². The molecular weight excluding hydrogens is 214 g/mol. The quantitative estimate of drug-likeness (QED) is 0.162. The zero-order valence-electron chi connectivity index (χ0n) is 7.10. The largest absolute Gasteiger partial charge is 0.372 e. The first-order valence-corrected chi connectivity index (χ1v) is 3.12. The summed E-state index contributed by atoms with van der Waals surface area (Å²) in [5.74, 6) is -1.52. The maximum absolute atomic E-state index is 10.2. The number of nitrogens with one attached hydrogen (secondary N) is 1. The van der Waals surface area contributed by atoms with Crippen LogP contribution in [0.3, 0.4) is 0 Å². The first kappa shape index (κ1) is 12.1. The molecule has 13 nitrogen and oxygen atoms in total. The van der Waals surface area contributed by atoms with Crippen molar-refractivity contribution in [3.63, 3.8) is 0 Å². The topological polar surface area (TPSA) is 204 Å². The van der Waals surface area contributed by atoms with Gasteiger partial charge in [-0.3, -0.25) is 0 Å². The second-order valence-electron chi connectivity index (χ2n) is 1.89. The second kappa shape index (κ2) is 5.00. The summed E-state index contributed by atoms with van der Waals surface area (Å²) in [7, 11) is 0. The van der Waals surface area contributed by atoms with E-state index in [1.165, 1.54) is 5.43 Å². The third kappa shape index (κ3) is 5.39. The second-order valence-corrected chi connectivity index (χ2v) is 1.89. The minimum atomic E-state index is -1.14. The van der Waals surface area contributed by atoms with Gasteiger partial charge in [0.1, 0.15) is 5.23 Å². The molecule has 7 N–H and O–H groups in total. The molecule has 0 aliphatic carbocycles. The number of hydrazone groups is 2. The average molecular weight is 221 g/mol. The third-order valence-electron chi connectivity index (χ3n) is 0.754. The van der Waals surface area contributed by atoms with Crippen LogP contribution in [-0.2, 0) is 0 Å². The van der Waals surface area contributed by atoms with E-state index in [1.807, 2.05) is 0 Å². The zero-order valence-corrected chi connectivity index (χ0v) is 7.10. The molecule has 0 saturated heterocycles. The van der Waals surface area contributed by atoms with Crippen molar-refractivity contribution in [1.29, 1.82) is 0 Å². The normalized spacial score (nSPS) is 10.3. The van der Waals surface area contributed by atoms with Gasteiger partial charge in [-0.15, -0.1) is 0 Å². The molecule has 0 unspecified atom stereocenters. The van der Waals surface area contributed by atoms with Gasteiger partial charge in [0, 0.05) is 5.03 Å². The fourth-order valence-electron chi connectivity index (χ4n) is 0.411. The Bertz CT molecular complexity index is 316. The van der Waals surface area contributed by atoms with Crippen LogP contribution in [0, 0.1) is 20.2 Å². The van der Waals surface area contributed by atoms with Gasteiger partial charge in [0.25, 0.3) is 5.96 Å². The minimum Gasteiger partial charge on any atom is -0.372 e. The van der Waals surface area contributed by atoms with Gasteiger partial charge in [0.05, 0.1) is 10.2 Å². The fourth-order valence-corrected chi connectivity index (χ4v) is 0.411. The smallest absolute Gasteiger partial charge is 0.356 e. The van der Waals surface area contributed by atoms with Crippen molar-refractivity contribution in [3.05, 3.63) is 20.2 Å². The summed E-state index contributed by atoms with van der Waals surface area (Å²) in [5.41, 5.74) is 15.9. The van der Waals surface area contributed by atoms with E-state index in [-0.39, 0.29) is 5.23 Å². The van der Waals surface area contributed by atoms with Gasteiger partial charge in [-0.1, -0.05) is 5.43 Å². The lowest BCUT2D eigenvalue weighted by atomic mass is 11.1. The molecular formula is C2H7N9O4. The summed E-state index contributed by atoms with van der Waals surface area (Å²) in [6.45, 7) is 0. The first-order chi connectivity index (χ1) is 6.82. The number of nitrogens with two attached hydrogens (primary N) is 3. The number of hydrazine groups is 2. The monoisotopic (exact) mass is 221 g/mol. The van der Waals surface area contributed by atoms with Crippen LogP contribution in [0.5, 0.6) is 0 Å². The molecule has 0 heterocycles.